The van der Waals surface area contributed by atoms with Crippen LogP contribution in [0.2, 0.25) is 0 Å². The predicted octanol–water partition coefficient (Wildman–Crippen LogP) is 0.971. The van der Waals surface area contributed by atoms with E-state index in [9.17, 15) is 9.59 Å². The third-order valence-corrected chi connectivity index (χ3v) is 4.49. The molecule has 0 aliphatic heterocycles. The number of rotatable bonds is 5. The quantitative estimate of drug-likeness (QED) is 0.765. The smallest absolute Gasteiger partial charge is 0.323 e. The van der Waals surface area contributed by atoms with E-state index < -0.39 is 11.4 Å². The Kier molecular flexibility index (Phi) is 3.90. The molecule has 0 spiro atoms. The lowest BCUT2D eigenvalue weighted by Crippen LogP contribution is -2.55. The summed E-state index contributed by atoms with van der Waals surface area (Å²) in [4.78, 5) is 25.1. The summed E-state index contributed by atoms with van der Waals surface area (Å²) in [5.41, 5.74) is 5.28. The molecule has 0 unspecified atom stereocenters. The second kappa shape index (κ2) is 5.26. The summed E-state index contributed by atoms with van der Waals surface area (Å²) in [7, 11) is 0. The SMILES string of the molecule is NCC1(C(=O)N(CC(=O)O)C2CCCC2)CCC1. The van der Waals surface area contributed by atoms with Crippen molar-refractivity contribution < 1.29 is 14.7 Å². The van der Waals surface area contributed by atoms with Gasteiger partial charge in [0.05, 0.1) is 5.41 Å². The van der Waals surface area contributed by atoms with Crippen LogP contribution in [0, 0.1) is 5.41 Å². The Morgan fingerprint density at radius 2 is 1.83 bits per heavy atom. The van der Waals surface area contributed by atoms with Gasteiger partial charge in [0.2, 0.25) is 5.91 Å². The minimum Gasteiger partial charge on any atom is -0.480 e. The van der Waals surface area contributed by atoms with Crippen LogP contribution in [0.25, 0.3) is 0 Å². The molecule has 3 N–H and O–H groups in total. The van der Waals surface area contributed by atoms with E-state index in [1.165, 1.54) is 0 Å². The molecule has 5 nitrogen and oxygen atoms in total. The Labute approximate surface area is 107 Å². The van der Waals surface area contributed by atoms with E-state index in [0.717, 1.165) is 44.9 Å². The summed E-state index contributed by atoms with van der Waals surface area (Å²) in [6, 6.07) is 0.109. The van der Waals surface area contributed by atoms with Crippen LogP contribution in [0.5, 0.6) is 0 Å². The van der Waals surface area contributed by atoms with Gasteiger partial charge < -0.3 is 15.7 Å². The van der Waals surface area contributed by atoms with Crippen molar-refractivity contribution in [3.63, 3.8) is 0 Å². The van der Waals surface area contributed by atoms with E-state index in [1.54, 1.807) is 4.90 Å². The summed E-state index contributed by atoms with van der Waals surface area (Å²) >= 11 is 0. The van der Waals surface area contributed by atoms with Crippen LogP contribution in [0.1, 0.15) is 44.9 Å². The fourth-order valence-corrected chi connectivity index (χ4v) is 3.14. The van der Waals surface area contributed by atoms with E-state index in [0.29, 0.717) is 6.54 Å². The van der Waals surface area contributed by atoms with Gasteiger partial charge in [0, 0.05) is 12.6 Å². The normalized spacial score (nSPS) is 22.5. The molecule has 2 rings (SSSR count). The number of nitrogens with zero attached hydrogens (tertiary/aromatic N) is 1. The lowest BCUT2D eigenvalue weighted by Gasteiger charge is -2.44. The van der Waals surface area contributed by atoms with Crippen molar-refractivity contribution >= 4 is 11.9 Å². The lowest BCUT2D eigenvalue weighted by atomic mass is 9.67. The largest absolute Gasteiger partial charge is 0.480 e. The van der Waals surface area contributed by atoms with Crippen LogP contribution in [0.3, 0.4) is 0 Å². The zero-order chi connectivity index (χ0) is 13.2. The standard InChI is InChI=1S/C13H22N2O3/c14-9-13(6-3-7-13)12(18)15(8-11(16)17)10-4-1-2-5-10/h10H,1-9,14H2,(H,16,17). The minimum absolute atomic E-state index is 0.0226. The monoisotopic (exact) mass is 254 g/mol. The molecule has 18 heavy (non-hydrogen) atoms. The maximum Gasteiger partial charge on any atom is 0.323 e. The summed E-state index contributed by atoms with van der Waals surface area (Å²) in [6.07, 6.45) is 6.68. The van der Waals surface area contributed by atoms with Gasteiger partial charge >= 0.3 is 5.97 Å². The van der Waals surface area contributed by atoms with Crippen molar-refractivity contribution in [1.29, 1.82) is 0 Å². The van der Waals surface area contributed by atoms with Crippen LogP contribution < -0.4 is 5.73 Å². The van der Waals surface area contributed by atoms with Gasteiger partial charge in [0.25, 0.3) is 0 Å². The summed E-state index contributed by atoms with van der Waals surface area (Å²) in [5.74, 6) is -0.952. The number of carbonyl (C=O) groups excluding carboxylic acids is 1. The van der Waals surface area contributed by atoms with E-state index >= 15 is 0 Å². The van der Waals surface area contributed by atoms with Crippen LogP contribution >= 0.6 is 0 Å². The first kappa shape index (κ1) is 13.3. The number of amides is 1. The van der Waals surface area contributed by atoms with Gasteiger partial charge in [-0.25, -0.2) is 0 Å². The molecular weight excluding hydrogens is 232 g/mol. The molecule has 2 fully saturated rings. The Morgan fingerprint density at radius 1 is 1.22 bits per heavy atom. The molecule has 2 aliphatic rings. The molecule has 0 heterocycles. The van der Waals surface area contributed by atoms with Gasteiger partial charge in [0.1, 0.15) is 6.54 Å². The Morgan fingerprint density at radius 3 is 2.22 bits per heavy atom. The first-order valence-electron chi connectivity index (χ1n) is 6.82. The molecule has 0 aromatic heterocycles. The maximum absolute atomic E-state index is 12.6. The summed E-state index contributed by atoms with van der Waals surface area (Å²) < 4.78 is 0. The average molecular weight is 254 g/mol. The molecule has 2 aliphatic carbocycles. The van der Waals surface area contributed by atoms with Crippen molar-refractivity contribution in [2.24, 2.45) is 11.1 Å². The Hall–Kier alpha value is -1.10. The molecule has 5 heteroatoms. The van der Waals surface area contributed by atoms with Gasteiger partial charge in [-0.3, -0.25) is 9.59 Å². The van der Waals surface area contributed by atoms with E-state index in [1.807, 2.05) is 0 Å². The Bertz CT molecular complexity index is 328. The van der Waals surface area contributed by atoms with Gasteiger partial charge in [0.15, 0.2) is 0 Å². The first-order chi connectivity index (χ1) is 8.59. The van der Waals surface area contributed by atoms with E-state index in [4.69, 9.17) is 10.8 Å². The van der Waals surface area contributed by atoms with Crippen molar-refractivity contribution in [3.05, 3.63) is 0 Å². The van der Waals surface area contributed by atoms with Gasteiger partial charge in [-0.2, -0.15) is 0 Å². The molecule has 0 atom stereocenters. The van der Waals surface area contributed by atoms with Crippen molar-refractivity contribution in [1.82, 2.24) is 4.90 Å². The summed E-state index contributed by atoms with van der Waals surface area (Å²) in [6.45, 7) is 0.167. The van der Waals surface area contributed by atoms with Crippen molar-refractivity contribution in [2.75, 3.05) is 13.1 Å². The molecule has 1 amide bonds. The molecule has 102 valence electrons. The molecule has 0 saturated heterocycles. The maximum atomic E-state index is 12.6. The molecule has 0 aromatic rings. The fraction of sp³-hybridized carbons (Fsp3) is 0.846. The topological polar surface area (TPSA) is 83.6 Å². The lowest BCUT2D eigenvalue weighted by molar-refractivity contribution is -0.155. The predicted molar refractivity (Wildman–Crippen MR) is 66.9 cm³/mol. The number of nitrogens with two attached hydrogens (primary N) is 1. The number of carbonyl (C=O) groups is 2. The van der Waals surface area contributed by atoms with Crippen LogP contribution in [-0.2, 0) is 9.59 Å². The average Bonchev–Trinajstić information content (AvgIpc) is 2.77. The minimum atomic E-state index is -0.929. The zero-order valence-electron chi connectivity index (χ0n) is 10.7. The van der Waals surface area contributed by atoms with Crippen molar-refractivity contribution in [3.8, 4) is 0 Å². The second-order valence-electron chi connectivity index (χ2n) is 5.60. The van der Waals surface area contributed by atoms with Crippen LogP contribution in [-0.4, -0.2) is 41.0 Å². The van der Waals surface area contributed by atoms with Gasteiger partial charge in [-0.05, 0) is 25.7 Å². The number of hydrogen-bond donors (Lipinski definition) is 2. The third-order valence-electron chi connectivity index (χ3n) is 4.49. The molecule has 2 saturated carbocycles. The second-order valence-corrected chi connectivity index (χ2v) is 5.60. The van der Waals surface area contributed by atoms with Gasteiger partial charge in [-0.1, -0.05) is 19.3 Å². The van der Waals surface area contributed by atoms with E-state index in [2.05, 4.69) is 0 Å². The van der Waals surface area contributed by atoms with E-state index in [-0.39, 0.29) is 18.5 Å². The fourth-order valence-electron chi connectivity index (χ4n) is 3.14. The van der Waals surface area contributed by atoms with Crippen molar-refractivity contribution in [2.45, 2.75) is 51.0 Å². The highest BCUT2D eigenvalue weighted by atomic mass is 16.4. The highest BCUT2D eigenvalue weighted by Gasteiger charge is 2.47. The Balaban J connectivity index is 2.11. The van der Waals surface area contributed by atoms with Gasteiger partial charge in [-0.15, -0.1) is 0 Å². The number of aliphatic carboxylic acids is 1. The number of hydrogen-bond acceptors (Lipinski definition) is 3. The first-order valence-corrected chi connectivity index (χ1v) is 6.82. The highest BCUT2D eigenvalue weighted by molar-refractivity contribution is 5.87. The molecular formula is C13H22N2O3. The molecule has 0 radical (unpaired) electrons. The van der Waals surface area contributed by atoms with Crippen LogP contribution in [0.4, 0.5) is 0 Å². The third kappa shape index (κ3) is 2.36. The zero-order valence-corrected chi connectivity index (χ0v) is 10.7. The highest BCUT2D eigenvalue weighted by Crippen LogP contribution is 2.42. The number of carboxylic acid groups (broad SMARTS) is 1. The molecule has 0 bridgehead atoms. The summed E-state index contributed by atoms with van der Waals surface area (Å²) in [5, 5.41) is 9.00. The molecule has 0 aromatic carbocycles. The van der Waals surface area contributed by atoms with Crippen LogP contribution in [0.15, 0.2) is 0 Å². The number of carboxylic acids is 1.